The number of nitrogens with zero attached hydrogens (tertiary/aromatic N) is 1. The van der Waals surface area contributed by atoms with Crippen LogP contribution in [-0.4, -0.2) is 17.2 Å². The number of fused-ring (bicyclic) bond motifs is 2. The summed E-state index contributed by atoms with van der Waals surface area (Å²) in [5.41, 5.74) is 7.13. The van der Waals surface area contributed by atoms with Crippen molar-refractivity contribution in [2.24, 2.45) is 17.3 Å². The predicted octanol–water partition coefficient (Wildman–Crippen LogP) is 9.88. The Hall–Kier alpha value is -2.57. The van der Waals surface area contributed by atoms with Crippen LogP contribution in [0.5, 0.6) is 0 Å². The molecular weight excluding hydrogens is 562 g/mol. The van der Waals surface area contributed by atoms with E-state index in [1.54, 1.807) is 0 Å². The van der Waals surface area contributed by atoms with Crippen molar-refractivity contribution >= 4 is 0 Å². The number of aryl methyl sites for hydroxylation is 3. The second-order valence-electron chi connectivity index (χ2n) is 12.9. The van der Waals surface area contributed by atoms with Crippen LogP contribution in [0.4, 0.5) is 26.3 Å². The lowest BCUT2D eigenvalue weighted by atomic mass is 9.72. The number of nitrogens with one attached hydrogen (secondary N) is 1. The molecule has 1 N–H and O–H groups in total. The molecule has 1 heterocycles. The van der Waals surface area contributed by atoms with Crippen molar-refractivity contribution in [2.75, 3.05) is 0 Å². The third-order valence-electron chi connectivity index (χ3n) is 10.4. The molecule has 2 saturated carbocycles. The van der Waals surface area contributed by atoms with Gasteiger partial charge in [0.2, 0.25) is 0 Å². The van der Waals surface area contributed by atoms with E-state index in [1.807, 2.05) is 31.2 Å². The Balaban J connectivity index is 1.24. The lowest BCUT2D eigenvalue weighted by Crippen LogP contribution is -2.35. The normalized spacial score (nSPS) is 27.3. The van der Waals surface area contributed by atoms with Gasteiger partial charge in [0.15, 0.2) is 0 Å². The average Bonchev–Trinajstić information content (AvgIpc) is 3.44. The number of halogens is 6. The standard InChI is InChI=1S/C35H42F6N2/c1-3-23-18-28(35(39,40)41)22-42-31(23)14-8-6-11-25(4-2)33-17-9-12-26(33)19-29(21-33)43-32-20-27(34(36,37)38)16-15-24-10-5-7-13-30(24)32/h5,7,10,13,18,22,26-27,29,32,43H,2-3,6,8-9,11-12,14-17,19-21H2,1H3/t26-,27-,29-,32+,33+/m1/s1. The summed E-state index contributed by atoms with van der Waals surface area (Å²) >= 11 is 0. The molecule has 8 heteroatoms. The van der Waals surface area contributed by atoms with Crippen LogP contribution in [0, 0.1) is 17.3 Å². The Morgan fingerprint density at radius 1 is 1.09 bits per heavy atom. The number of pyridine rings is 1. The summed E-state index contributed by atoms with van der Waals surface area (Å²) in [5.74, 6) is -0.861. The largest absolute Gasteiger partial charge is 0.417 e. The molecule has 2 aromatic rings. The Morgan fingerprint density at radius 3 is 2.60 bits per heavy atom. The summed E-state index contributed by atoms with van der Waals surface area (Å²) in [4.78, 5) is 4.16. The lowest BCUT2D eigenvalue weighted by molar-refractivity contribution is -0.179. The van der Waals surface area contributed by atoms with E-state index in [4.69, 9.17) is 0 Å². The van der Waals surface area contributed by atoms with E-state index < -0.39 is 23.8 Å². The molecule has 0 spiro atoms. The summed E-state index contributed by atoms with van der Waals surface area (Å²) in [6, 6.07) is 8.81. The molecular formula is C35H42F6N2. The Bertz CT molecular complexity index is 1320. The first-order valence-corrected chi connectivity index (χ1v) is 15.8. The van der Waals surface area contributed by atoms with Crippen LogP contribution in [-0.2, 0) is 25.4 Å². The summed E-state index contributed by atoms with van der Waals surface area (Å²) in [7, 11) is 0. The van der Waals surface area contributed by atoms with E-state index in [0.29, 0.717) is 30.7 Å². The fourth-order valence-corrected chi connectivity index (χ4v) is 8.30. The van der Waals surface area contributed by atoms with Crippen molar-refractivity contribution in [2.45, 2.75) is 115 Å². The van der Waals surface area contributed by atoms with Gasteiger partial charge in [-0.25, -0.2) is 0 Å². The van der Waals surface area contributed by atoms with Crippen LogP contribution in [0.1, 0.15) is 105 Å². The SMILES string of the molecule is C=C=C(CCCCc1ncc(C(F)(F)F)cc1CC)[C@@]12CCC[C@@H]1C[C@@H](N[C@H]1C[C@H](C(F)(F)F)CCc3ccccc31)C2. The molecule has 0 radical (unpaired) electrons. The molecule has 2 nitrogen and oxygen atoms in total. The summed E-state index contributed by atoms with van der Waals surface area (Å²) in [5, 5.41) is 3.72. The fraction of sp³-hybridized carbons (Fsp3) is 0.600. The maximum atomic E-state index is 13.9. The number of allylic oxidation sites excluding steroid dienone is 1. The quantitative estimate of drug-likeness (QED) is 0.133. The summed E-state index contributed by atoms with van der Waals surface area (Å²) < 4.78 is 81.1. The van der Waals surface area contributed by atoms with Crippen LogP contribution in [0.2, 0.25) is 0 Å². The van der Waals surface area contributed by atoms with Crippen LogP contribution < -0.4 is 5.32 Å². The second-order valence-corrected chi connectivity index (χ2v) is 12.9. The van der Waals surface area contributed by atoms with E-state index in [-0.39, 0.29) is 30.3 Å². The molecule has 43 heavy (non-hydrogen) atoms. The number of alkyl halides is 6. The first-order chi connectivity index (χ1) is 20.4. The molecule has 1 aromatic carbocycles. The molecule has 234 valence electrons. The highest BCUT2D eigenvalue weighted by Crippen LogP contribution is 2.59. The third kappa shape index (κ3) is 6.91. The topological polar surface area (TPSA) is 24.9 Å². The smallest absolute Gasteiger partial charge is 0.307 e. The molecule has 0 amide bonds. The minimum atomic E-state index is -4.40. The van der Waals surface area contributed by atoms with Crippen molar-refractivity contribution in [1.82, 2.24) is 10.3 Å². The van der Waals surface area contributed by atoms with E-state index >= 15 is 0 Å². The molecule has 2 fully saturated rings. The minimum Gasteiger partial charge on any atom is -0.307 e. The number of unbranched alkanes of at least 4 members (excludes halogenated alkanes) is 1. The third-order valence-corrected chi connectivity index (χ3v) is 10.4. The van der Waals surface area contributed by atoms with Gasteiger partial charge in [-0.15, -0.1) is 5.73 Å². The first-order valence-electron chi connectivity index (χ1n) is 15.8. The zero-order valence-corrected chi connectivity index (χ0v) is 24.9. The van der Waals surface area contributed by atoms with Gasteiger partial charge in [-0.1, -0.05) is 44.2 Å². The summed E-state index contributed by atoms with van der Waals surface area (Å²) in [6.07, 6.45) is 1.65. The molecule has 5 atom stereocenters. The fourth-order valence-electron chi connectivity index (χ4n) is 8.30. The maximum Gasteiger partial charge on any atom is 0.417 e. The van der Waals surface area contributed by atoms with Gasteiger partial charge in [-0.3, -0.25) is 4.98 Å². The molecule has 3 aliphatic carbocycles. The van der Waals surface area contributed by atoms with E-state index in [9.17, 15) is 26.3 Å². The molecule has 0 aliphatic heterocycles. The average molecular weight is 605 g/mol. The van der Waals surface area contributed by atoms with Gasteiger partial charge in [0, 0.05) is 29.4 Å². The van der Waals surface area contributed by atoms with Gasteiger partial charge < -0.3 is 5.32 Å². The Labute approximate surface area is 251 Å². The van der Waals surface area contributed by atoms with Crippen molar-refractivity contribution < 1.29 is 26.3 Å². The van der Waals surface area contributed by atoms with E-state index in [1.165, 1.54) is 11.6 Å². The van der Waals surface area contributed by atoms with Gasteiger partial charge in [-0.05, 0) is 111 Å². The van der Waals surface area contributed by atoms with Gasteiger partial charge in [0.1, 0.15) is 0 Å². The first kappa shape index (κ1) is 31.8. The zero-order valence-electron chi connectivity index (χ0n) is 24.9. The van der Waals surface area contributed by atoms with E-state index in [2.05, 4.69) is 22.6 Å². The monoisotopic (exact) mass is 604 g/mol. The van der Waals surface area contributed by atoms with Crippen LogP contribution >= 0.6 is 0 Å². The number of rotatable bonds is 9. The molecule has 0 unspecified atom stereocenters. The van der Waals surface area contributed by atoms with Gasteiger partial charge in [0.05, 0.1) is 11.5 Å². The molecule has 0 bridgehead atoms. The predicted molar refractivity (Wildman–Crippen MR) is 156 cm³/mol. The Kier molecular flexibility index (Phi) is 9.48. The zero-order chi connectivity index (χ0) is 30.8. The van der Waals surface area contributed by atoms with Crippen molar-refractivity contribution in [3.05, 3.63) is 82.4 Å². The van der Waals surface area contributed by atoms with Crippen molar-refractivity contribution in [1.29, 1.82) is 0 Å². The molecule has 1 aromatic heterocycles. The van der Waals surface area contributed by atoms with Crippen molar-refractivity contribution in [3.8, 4) is 0 Å². The van der Waals surface area contributed by atoms with Crippen LogP contribution in [0.3, 0.4) is 0 Å². The molecule has 0 saturated heterocycles. The van der Waals surface area contributed by atoms with Crippen molar-refractivity contribution in [3.63, 3.8) is 0 Å². The van der Waals surface area contributed by atoms with Gasteiger partial charge >= 0.3 is 12.4 Å². The minimum absolute atomic E-state index is 0.0335. The number of hydrogen-bond donors (Lipinski definition) is 1. The van der Waals surface area contributed by atoms with Gasteiger partial charge in [0.25, 0.3) is 0 Å². The highest BCUT2D eigenvalue weighted by Gasteiger charge is 2.52. The van der Waals surface area contributed by atoms with Crippen LogP contribution in [0.25, 0.3) is 0 Å². The Morgan fingerprint density at radius 2 is 1.88 bits per heavy atom. The van der Waals surface area contributed by atoms with Gasteiger partial charge in [-0.2, -0.15) is 26.3 Å². The highest BCUT2D eigenvalue weighted by molar-refractivity contribution is 5.32. The highest BCUT2D eigenvalue weighted by atomic mass is 19.4. The van der Waals surface area contributed by atoms with E-state index in [0.717, 1.165) is 74.4 Å². The maximum absolute atomic E-state index is 13.9. The number of aromatic nitrogens is 1. The molecule has 5 rings (SSSR count). The second kappa shape index (κ2) is 12.8. The number of hydrogen-bond acceptors (Lipinski definition) is 2. The van der Waals surface area contributed by atoms with Crippen LogP contribution in [0.15, 0.2) is 54.4 Å². The number of benzene rings is 1. The summed E-state index contributed by atoms with van der Waals surface area (Å²) in [6.45, 7) is 5.90. The molecule has 3 aliphatic rings. The lowest BCUT2D eigenvalue weighted by Gasteiger charge is -2.32.